The SMILES string of the molecule is C=CCOc1ccc(C(O)=C2C(=O)C(=O)N(CCN3CCOCC3)C2c2ccc(C(C)(C)C)cc2)cc1. The first kappa shape index (κ1) is 26.6. The molecule has 37 heavy (non-hydrogen) atoms. The van der Waals surface area contributed by atoms with Crippen molar-refractivity contribution < 1.29 is 24.2 Å². The summed E-state index contributed by atoms with van der Waals surface area (Å²) in [5.41, 5.74) is 2.47. The molecule has 7 heteroatoms. The third kappa shape index (κ3) is 5.95. The Bertz CT molecular complexity index is 1160. The van der Waals surface area contributed by atoms with Crippen molar-refractivity contribution in [3.63, 3.8) is 0 Å². The molecular weight excluding hydrogens is 468 g/mol. The molecule has 7 nitrogen and oxygen atoms in total. The smallest absolute Gasteiger partial charge is 0.295 e. The first-order valence-electron chi connectivity index (χ1n) is 12.7. The number of morpholine rings is 1. The molecule has 2 aromatic carbocycles. The lowest BCUT2D eigenvalue weighted by Crippen LogP contribution is -2.42. The zero-order valence-corrected chi connectivity index (χ0v) is 21.9. The minimum Gasteiger partial charge on any atom is -0.507 e. The minimum absolute atomic E-state index is 0.0356. The van der Waals surface area contributed by atoms with Crippen LogP contribution in [0, 0.1) is 0 Å². The van der Waals surface area contributed by atoms with Gasteiger partial charge < -0.3 is 19.5 Å². The summed E-state index contributed by atoms with van der Waals surface area (Å²) in [6, 6.07) is 14.1. The van der Waals surface area contributed by atoms with Gasteiger partial charge in [0.2, 0.25) is 0 Å². The molecule has 0 aromatic heterocycles. The second-order valence-corrected chi connectivity index (χ2v) is 10.4. The topological polar surface area (TPSA) is 79.3 Å². The summed E-state index contributed by atoms with van der Waals surface area (Å²) in [6.45, 7) is 14.3. The summed E-state index contributed by atoms with van der Waals surface area (Å²) in [7, 11) is 0. The molecule has 1 N–H and O–H groups in total. The van der Waals surface area contributed by atoms with E-state index in [1.807, 2.05) is 24.3 Å². The van der Waals surface area contributed by atoms with E-state index < -0.39 is 17.7 Å². The van der Waals surface area contributed by atoms with E-state index in [2.05, 4.69) is 32.3 Å². The van der Waals surface area contributed by atoms with Crippen molar-refractivity contribution in [2.75, 3.05) is 46.0 Å². The van der Waals surface area contributed by atoms with Crippen LogP contribution in [0.3, 0.4) is 0 Å². The maximum Gasteiger partial charge on any atom is 0.295 e. The largest absolute Gasteiger partial charge is 0.507 e. The van der Waals surface area contributed by atoms with E-state index in [0.717, 1.165) is 24.2 Å². The number of benzene rings is 2. The molecule has 0 aliphatic carbocycles. The number of aliphatic hydroxyl groups is 1. The Morgan fingerprint density at radius 2 is 1.70 bits per heavy atom. The number of ketones is 1. The third-order valence-corrected chi connectivity index (χ3v) is 6.89. The monoisotopic (exact) mass is 504 g/mol. The molecule has 4 rings (SSSR count). The van der Waals surface area contributed by atoms with Crippen molar-refractivity contribution in [3.8, 4) is 5.75 Å². The number of nitrogens with zero attached hydrogens (tertiary/aromatic N) is 2. The average molecular weight is 505 g/mol. The second-order valence-electron chi connectivity index (χ2n) is 10.4. The number of rotatable bonds is 8. The maximum absolute atomic E-state index is 13.3. The van der Waals surface area contributed by atoms with Crippen LogP contribution < -0.4 is 4.74 Å². The van der Waals surface area contributed by atoms with E-state index in [1.54, 1.807) is 35.2 Å². The summed E-state index contributed by atoms with van der Waals surface area (Å²) in [6.07, 6.45) is 1.65. The standard InChI is InChI=1S/C30H36N2O5/c1-5-18-37-24-12-8-22(9-13-24)27(33)25-26(21-6-10-23(11-7-21)30(2,3)4)32(29(35)28(25)34)15-14-31-16-19-36-20-17-31/h5-13,26,33H,1,14-20H2,2-4H3. The van der Waals surface area contributed by atoms with Gasteiger partial charge in [-0.25, -0.2) is 0 Å². The molecule has 2 heterocycles. The first-order valence-corrected chi connectivity index (χ1v) is 12.7. The Balaban J connectivity index is 1.71. The Morgan fingerprint density at radius 1 is 1.05 bits per heavy atom. The Kier molecular flexibility index (Phi) is 8.15. The molecule has 1 unspecified atom stereocenters. The van der Waals surface area contributed by atoms with E-state index >= 15 is 0 Å². The molecule has 1 amide bonds. The number of carbonyl (C=O) groups is 2. The van der Waals surface area contributed by atoms with Crippen molar-refractivity contribution in [1.29, 1.82) is 0 Å². The molecular formula is C30H36N2O5. The fourth-order valence-electron chi connectivity index (χ4n) is 4.72. The van der Waals surface area contributed by atoms with Crippen LogP contribution in [0.25, 0.3) is 5.76 Å². The summed E-state index contributed by atoms with van der Waals surface area (Å²) in [5.74, 6) is -0.828. The van der Waals surface area contributed by atoms with Crippen LogP contribution in [-0.4, -0.2) is 72.6 Å². The van der Waals surface area contributed by atoms with Gasteiger partial charge in [0.05, 0.1) is 24.8 Å². The molecule has 2 aromatic rings. The first-order chi connectivity index (χ1) is 17.7. The van der Waals surface area contributed by atoms with E-state index in [-0.39, 0.29) is 16.7 Å². The average Bonchev–Trinajstić information content (AvgIpc) is 3.15. The van der Waals surface area contributed by atoms with Crippen LogP contribution in [0.15, 0.2) is 66.8 Å². The summed E-state index contributed by atoms with van der Waals surface area (Å²) in [5, 5.41) is 11.3. The quantitative estimate of drug-likeness (QED) is 0.250. The number of hydrogen-bond acceptors (Lipinski definition) is 6. The molecule has 196 valence electrons. The molecule has 0 bridgehead atoms. The molecule has 2 aliphatic heterocycles. The lowest BCUT2D eigenvalue weighted by atomic mass is 9.85. The predicted octanol–water partition coefficient (Wildman–Crippen LogP) is 4.30. The third-order valence-electron chi connectivity index (χ3n) is 6.89. The highest BCUT2D eigenvalue weighted by atomic mass is 16.5. The summed E-state index contributed by atoms with van der Waals surface area (Å²) < 4.78 is 11.0. The van der Waals surface area contributed by atoms with Crippen LogP contribution in [0.1, 0.15) is 43.5 Å². The predicted molar refractivity (Wildman–Crippen MR) is 144 cm³/mol. The molecule has 2 fully saturated rings. The van der Waals surface area contributed by atoms with E-state index in [0.29, 0.717) is 44.2 Å². The van der Waals surface area contributed by atoms with Crippen molar-refractivity contribution in [1.82, 2.24) is 9.80 Å². The Morgan fingerprint density at radius 3 is 2.30 bits per heavy atom. The highest BCUT2D eigenvalue weighted by Crippen LogP contribution is 2.40. The summed E-state index contributed by atoms with van der Waals surface area (Å²) in [4.78, 5) is 30.4. The van der Waals surface area contributed by atoms with Crippen LogP contribution in [-0.2, 0) is 19.7 Å². The number of Topliss-reactive ketones (excluding diaryl/α,β-unsaturated/α-hetero) is 1. The van der Waals surface area contributed by atoms with Gasteiger partial charge in [-0.2, -0.15) is 0 Å². The van der Waals surface area contributed by atoms with Crippen molar-refractivity contribution in [2.24, 2.45) is 0 Å². The fourth-order valence-corrected chi connectivity index (χ4v) is 4.72. The zero-order chi connectivity index (χ0) is 26.6. The van der Waals surface area contributed by atoms with E-state index in [4.69, 9.17) is 9.47 Å². The highest BCUT2D eigenvalue weighted by Gasteiger charge is 2.46. The lowest BCUT2D eigenvalue weighted by Gasteiger charge is -2.31. The van der Waals surface area contributed by atoms with Gasteiger partial charge in [0.15, 0.2) is 0 Å². The number of ether oxygens (including phenoxy) is 2. The minimum atomic E-state index is -0.674. The number of likely N-dealkylation sites (tertiary alicyclic amines) is 1. The van der Waals surface area contributed by atoms with Gasteiger partial charge in [0.1, 0.15) is 18.1 Å². The van der Waals surface area contributed by atoms with Crippen molar-refractivity contribution in [2.45, 2.75) is 32.2 Å². The summed E-state index contributed by atoms with van der Waals surface area (Å²) >= 11 is 0. The molecule has 0 radical (unpaired) electrons. The van der Waals surface area contributed by atoms with Crippen LogP contribution >= 0.6 is 0 Å². The normalized spacial score (nSPS) is 20.3. The maximum atomic E-state index is 13.3. The number of carbonyl (C=O) groups excluding carboxylic acids is 2. The second kappa shape index (κ2) is 11.3. The number of amides is 1. The highest BCUT2D eigenvalue weighted by molar-refractivity contribution is 6.46. The van der Waals surface area contributed by atoms with Crippen molar-refractivity contribution in [3.05, 3.63) is 83.4 Å². The van der Waals surface area contributed by atoms with Crippen LogP contribution in [0.2, 0.25) is 0 Å². The zero-order valence-electron chi connectivity index (χ0n) is 21.9. The van der Waals surface area contributed by atoms with Gasteiger partial charge in [-0.1, -0.05) is 57.7 Å². The van der Waals surface area contributed by atoms with E-state index in [1.165, 1.54) is 0 Å². The van der Waals surface area contributed by atoms with Gasteiger partial charge in [-0.15, -0.1) is 0 Å². The van der Waals surface area contributed by atoms with Crippen molar-refractivity contribution >= 4 is 17.4 Å². The molecule has 2 aliphatic rings. The molecule has 0 spiro atoms. The number of hydrogen-bond donors (Lipinski definition) is 1. The van der Waals surface area contributed by atoms with Gasteiger partial charge in [-0.3, -0.25) is 14.5 Å². The Labute approximate surface area is 219 Å². The van der Waals surface area contributed by atoms with Gasteiger partial charge >= 0.3 is 0 Å². The molecule has 0 saturated carbocycles. The van der Waals surface area contributed by atoms with Gasteiger partial charge in [0.25, 0.3) is 11.7 Å². The lowest BCUT2D eigenvalue weighted by molar-refractivity contribution is -0.140. The van der Waals surface area contributed by atoms with Crippen LogP contribution in [0.4, 0.5) is 0 Å². The van der Waals surface area contributed by atoms with E-state index in [9.17, 15) is 14.7 Å². The Hall–Kier alpha value is -3.42. The van der Waals surface area contributed by atoms with Gasteiger partial charge in [0, 0.05) is 31.7 Å². The fraction of sp³-hybridized carbons (Fsp3) is 0.400. The number of aliphatic hydroxyl groups excluding tert-OH is 1. The molecule has 2 saturated heterocycles. The van der Waals surface area contributed by atoms with Crippen LogP contribution in [0.5, 0.6) is 5.75 Å². The molecule has 1 atom stereocenters. The van der Waals surface area contributed by atoms with Gasteiger partial charge in [-0.05, 0) is 40.8 Å².